The molecular formula is C13H12F6O2. The van der Waals surface area contributed by atoms with Crippen molar-refractivity contribution in [2.75, 3.05) is 6.61 Å². The molecule has 1 aromatic carbocycles. The van der Waals surface area contributed by atoms with E-state index in [-0.39, 0.29) is 18.2 Å². The zero-order chi connectivity index (χ0) is 16.4. The van der Waals surface area contributed by atoms with Crippen molar-refractivity contribution in [2.24, 2.45) is 0 Å². The molecule has 0 spiro atoms. The Balaban J connectivity index is 3.38. The number of esters is 1. The standard InChI is InChI=1S/C13H12F6O2/c1-3-21-11(20)5-8-4-9(12(14,15)16)6-10(7(8)2)13(17,18)19/h4,6H,3,5H2,1-2H3. The molecule has 2 nitrogen and oxygen atoms in total. The quantitative estimate of drug-likeness (QED) is 0.619. The molecule has 0 aliphatic carbocycles. The van der Waals surface area contributed by atoms with Crippen molar-refractivity contribution in [3.8, 4) is 0 Å². The van der Waals surface area contributed by atoms with E-state index < -0.39 is 41.4 Å². The van der Waals surface area contributed by atoms with Gasteiger partial charge in [0.2, 0.25) is 0 Å². The molecule has 1 rings (SSSR count). The van der Waals surface area contributed by atoms with Crippen LogP contribution in [-0.4, -0.2) is 12.6 Å². The van der Waals surface area contributed by atoms with Crippen molar-refractivity contribution in [2.45, 2.75) is 32.6 Å². The molecule has 0 fully saturated rings. The molecule has 0 aliphatic heterocycles. The Hall–Kier alpha value is -1.73. The second-order valence-electron chi connectivity index (χ2n) is 4.29. The summed E-state index contributed by atoms with van der Waals surface area (Å²) in [5.74, 6) is -0.881. The van der Waals surface area contributed by atoms with Gasteiger partial charge in [0.25, 0.3) is 0 Å². The maximum atomic E-state index is 12.8. The number of carbonyl (C=O) groups excluding carboxylic acids is 1. The minimum atomic E-state index is -4.94. The number of carbonyl (C=O) groups is 1. The summed E-state index contributed by atoms with van der Waals surface area (Å²) in [7, 11) is 0. The van der Waals surface area contributed by atoms with Gasteiger partial charge in [0, 0.05) is 0 Å². The maximum absolute atomic E-state index is 12.8. The van der Waals surface area contributed by atoms with Crippen molar-refractivity contribution in [1.29, 1.82) is 0 Å². The van der Waals surface area contributed by atoms with E-state index >= 15 is 0 Å². The summed E-state index contributed by atoms with van der Waals surface area (Å²) >= 11 is 0. The molecule has 0 aliphatic rings. The molecule has 8 heteroatoms. The van der Waals surface area contributed by atoms with Crippen LogP contribution in [0.5, 0.6) is 0 Å². The number of ether oxygens (including phenoxy) is 1. The van der Waals surface area contributed by atoms with Crippen LogP contribution in [-0.2, 0) is 28.3 Å². The Morgan fingerprint density at radius 1 is 1.10 bits per heavy atom. The molecule has 118 valence electrons. The lowest BCUT2D eigenvalue weighted by Crippen LogP contribution is -2.16. The second-order valence-corrected chi connectivity index (χ2v) is 4.29. The number of hydrogen-bond acceptors (Lipinski definition) is 2. The number of benzene rings is 1. The molecule has 0 unspecified atom stereocenters. The highest BCUT2D eigenvalue weighted by atomic mass is 19.4. The number of rotatable bonds is 3. The van der Waals surface area contributed by atoms with E-state index in [9.17, 15) is 31.1 Å². The van der Waals surface area contributed by atoms with E-state index in [0.29, 0.717) is 6.07 Å². The number of hydrogen-bond donors (Lipinski definition) is 0. The number of halogens is 6. The Bertz CT molecular complexity index is 531. The fraction of sp³-hybridized carbons (Fsp3) is 0.462. The normalized spacial score (nSPS) is 12.4. The van der Waals surface area contributed by atoms with Crippen LogP contribution in [0.4, 0.5) is 26.3 Å². The van der Waals surface area contributed by atoms with Crippen molar-refractivity contribution in [3.05, 3.63) is 34.4 Å². The molecule has 0 N–H and O–H groups in total. The van der Waals surface area contributed by atoms with E-state index in [1.165, 1.54) is 6.92 Å². The molecule has 0 saturated heterocycles. The van der Waals surface area contributed by atoms with E-state index in [0.717, 1.165) is 6.92 Å². The molecule has 0 amide bonds. The highest BCUT2D eigenvalue weighted by Gasteiger charge is 2.38. The molecule has 0 bridgehead atoms. The first-order valence-electron chi connectivity index (χ1n) is 5.90. The summed E-state index contributed by atoms with van der Waals surface area (Å²) in [6.07, 6.45) is -10.5. The highest BCUT2D eigenvalue weighted by Crippen LogP contribution is 2.38. The van der Waals surface area contributed by atoms with Crippen LogP contribution >= 0.6 is 0 Å². The second kappa shape index (κ2) is 5.95. The van der Waals surface area contributed by atoms with Crippen molar-refractivity contribution < 1.29 is 35.9 Å². The zero-order valence-corrected chi connectivity index (χ0v) is 11.2. The van der Waals surface area contributed by atoms with Gasteiger partial charge in [0.05, 0.1) is 24.2 Å². The first kappa shape index (κ1) is 17.3. The fourth-order valence-electron chi connectivity index (χ4n) is 1.78. The third-order valence-corrected chi connectivity index (χ3v) is 2.79. The minimum Gasteiger partial charge on any atom is -0.466 e. The van der Waals surface area contributed by atoms with Crippen molar-refractivity contribution >= 4 is 5.97 Å². The third-order valence-electron chi connectivity index (χ3n) is 2.79. The lowest BCUT2D eigenvalue weighted by molar-refractivity contribution is -0.145. The summed E-state index contributed by atoms with van der Waals surface area (Å²) in [6, 6.07) is 0.589. The molecule has 0 atom stereocenters. The first-order chi connectivity index (χ1) is 9.46. The monoisotopic (exact) mass is 314 g/mol. The van der Waals surface area contributed by atoms with Gasteiger partial charge in [-0.2, -0.15) is 26.3 Å². The van der Waals surface area contributed by atoms with Gasteiger partial charge in [-0.3, -0.25) is 4.79 Å². The predicted molar refractivity (Wildman–Crippen MR) is 61.5 cm³/mol. The van der Waals surface area contributed by atoms with Crippen LogP contribution < -0.4 is 0 Å². The topological polar surface area (TPSA) is 26.3 Å². The van der Waals surface area contributed by atoms with Gasteiger partial charge >= 0.3 is 18.3 Å². The zero-order valence-electron chi connectivity index (χ0n) is 11.2. The van der Waals surface area contributed by atoms with Gasteiger partial charge in [0.15, 0.2) is 0 Å². The first-order valence-corrected chi connectivity index (χ1v) is 5.90. The minimum absolute atomic E-state index is 0.0109. The summed E-state index contributed by atoms with van der Waals surface area (Å²) in [6.45, 7) is 2.50. The molecule has 0 heterocycles. The molecular weight excluding hydrogens is 302 g/mol. The smallest absolute Gasteiger partial charge is 0.416 e. The Labute approximate surface area is 116 Å². The molecule has 1 aromatic rings. The van der Waals surface area contributed by atoms with Crippen molar-refractivity contribution in [3.63, 3.8) is 0 Å². The van der Waals surface area contributed by atoms with Gasteiger partial charge in [-0.15, -0.1) is 0 Å². The van der Waals surface area contributed by atoms with Gasteiger partial charge < -0.3 is 4.74 Å². The number of alkyl halides is 6. The molecule has 0 aromatic heterocycles. The summed E-state index contributed by atoms with van der Waals surface area (Å²) in [4.78, 5) is 11.3. The third kappa shape index (κ3) is 4.37. The van der Waals surface area contributed by atoms with Gasteiger partial charge in [-0.05, 0) is 37.1 Å². The molecule has 0 radical (unpaired) electrons. The van der Waals surface area contributed by atoms with Crippen LogP contribution in [0.1, 0.15) is 29.2 Å². The molecule has 0 saturated carbocycles. The lowest BCUT2D eigenvalue weighted by Gasteiger charge is -2.17. The highest BCUT2D eigenvalue weighted by molar-refractivity contribution is 5.73. The van der Waals surface area contributed by atoms with Crippen LogP contribution in [0.2, 0.25) is 0 Å². The van der Waals surface area contributed by atoms with E-state index in [1.54, 1.807) is 0 Å². The summed E-state index contributed by atoms with van der Waals surface area (Å²) in [5.41, 5.74) is -3.62. The average molecular weight is 314 g/mol. The molecule has 21 heavy (non-hydrogen) atoms. The average Bonchev–Trinajstić information content (AvgIpc) is 2.28. The van der Waals surface area contributed by atoms with Crippen LogP contribution in [0.25, 0.3) is 0 Å². The summed E-state index contributed by atoms with van der Waals surface area (Å²) < 4.78 is 81.0. The van der Waals surface area contributed by atoms with E-state index in [2.05, 4.69) is 4.74 Å². The van der Waals surface area contributed by atoms with Crippen LogP contribution in [0.3, 0.4) is 0 Å². The van der Waals surface area contributed by atoms with Gasteiger partial charge in [-0.1, -0.05) is 0 Å². The fourth-order valence-corrected chi connectivity index (χ4v) is 1.78. The lowest BCUT2D eigenvalue weighted by atomic mass is 9.96. The van der Waals surface area contributed by atoms with Crippen LogP contribution in [0, 0.1) is 6.92 Å². The van der Waals surface area contributed by atoms with Gasteiger partial charge in [0.1, 0.15) is 0 Å². The van der Waals surface area contributed by atoms with E-state index in [1.807, 2.05) is 0 Å². The largest absolute Gasteiger partial charge is 0.466 e. The summed E-state index contributed by atoms with van der Waals surface area (Å²) in [5, 5.41) is 0. The Morgan fingerprint density at radius 3 is 2.10 bits per heavy atom. The van der Waals surface area contributed by atoms with Crippen molar-refractivity contribution in [1.82, 2.24) is 0 Å². The Kier molecular flexibility index (Phi) is 4.91. The maximum Gasteiger partial charge on any atom is 0.416 e. The predicted octanol–water partition coefficient (Wildman–Crippen LogP) is 4.14. The van der Waals surface area contributed by atoms with Crippen LogP contribution in [0.15, 0.2) is 12.1 Å². The van der Waals surface area contributed by atoms with Gasteiger partial charge in [-0.25, -0.2) is 0 Å². The SMILES string of the molecule is CCOC(=O)Cc1cc(C(F)(F)F)cc(C(F)(F)F)c1C. The van der Waals surface area contributed by atoms with E-state index in [4.69, 9.17) is 0 Å². The Morgan fingerprint density at radius 2 is 1.67 bits per heavy atom.